The Morgan fingerprint density at radius 3 is 1.49 bits per heavy atom. The lowest BCUT2D eigenvalue weighted by Gasteiger charge is -2.20. The van der Waals surface area contributed by atoms with E-state index in [2.05, 4.69) is 0 Å². The Kier molecular flexibility index (Phi) is 2.50. The van der Waals surface area contributed by atoms with E-state index in [1.54, 1.807) is 0 Å². The van der Waals surface area contributed by atoms with Crippen LogP contribution in [0.2, 0.25) is 0 Å². The van der Waals surface area contributed by atoms with Crippen LogP contribution < -0.4 is 0 Å². The van der Waals surface area contributed by atoms with Crippen LogP contribution in [-0.2, 0) is 0 Å². The zero-order valence-electron chi connectivity index (χ0n) is 55.4. The predicted molar refractivity (Wildman–Crippen MR) is 218 cm³/mol. The van der Waals surface area contributed by atoms with Gasteiger partial charge in [0.1, 0.15) is 11.2 Å². The smallest absolute Gasteiger partial charge is 0.136 e. The SMILES string of the molecule is [2H]c1c([2H])c(-c2c([2H])c(-c3c4c([2H])c([2H])c([2H])c([2H])c4c(-c4c([2H])c([2H])c([2H])c5c([2H])c([2H])c([2H])c([2H])c45)c4c([2H])c([2H])c([2H])c([2H])c34)c3c([2H])c([2H])c([2H])c([2H])c3c2[2H])c2c(oc3c([2H])c4c([2H])c([2H])c([2H])c([2H])c4c([2H])c32)c1[2H]. The van der Waals surface area contributed by atoms with Crippen LogP contribution >= 0.6 is 0 Å². The minimum Gasteiger partial charge on any atom is -0.456 e. The third kappa shape index (κ3) is 4.22. The van der Waals surface area contributed by atoms with Crippen LogP contribution in [0.4, 0.5) is 0 Å². The summed E-state index contributed by atoms with van der Waals surface area (Å²) in [5.41, 5.74) is -6.30. The topological polar surface area (TPSA) is 13.1 Å². The molecule has 0 saturated carbocycles. The molecule has 10 aromatic carbocycles. The molecule has 0 atom stereocenters. The molecule has 0 radical (unpaired) electrons. The van der Waals surface area contributed by atoms with E-state index in [0.29, 0.717) is 0 Å². The van der Waals surface area contributed by atoms with Crippen molar-refractivity contribution in [1.29, 1.82) is 0 Å². The van der Waals surface area contributed by atoms with Crippen LogP contribution in [0.1, 0.15) is 41.1 Å². The Morgan fingerprint density at radius 1 is 0.314 bits per heavy atom. The van der Waals surface area contributed by atoms with Gasteiger partial charge in [-0.3, -0.25) is 0 Å². The average molecular weight is 677 g/mol. The molecule has 0 saturated heterocycles. The number of furan rings is 1. The second-order valence-electron chi connectivity index (χ2n) is 11.3. The zero-order valence-corrected chi connectivity index (χ0v) is 25.4. The van der Waals surface area contributed by atoms with Crippen molar-refractivity contribution < 1.29 is 45.5 Å². The Bertz CT molecular complexity index is 4840. The molecule has 0 aliphatic carbocycles. The highest BCUT2D eigenvalue weighted by Gasteiger charge is 2.21. The molecule has 11 aromatic rings. The summed E-state index contributed by atoms with van der Waals surface area (Å²) in [6, 6.07) is -29.0. The van der Waals surface area contributed by atoms with Crippen LogP contribution in [0.3, 0.4) is 0 Å². The fourth-order valence-electron chi connectivity index (χ4n) is 6.48. The third-order valence-corrected chi connectivity index (χ3v) is 8.57. The molecule has 236 valence electrons. The monoisotopic (exact) mass is 676 g/mol. The van der Waals surface area contributed by atoms with E-state index in [1.807, 2.05) is 0 Å². The summed E-state index contributed by atoms with van der Waals surface area (Å²) >= 11 is 0. The van der Waals surface area contributed by atoms with E-state index in [0.717, 1.165) is 0 Å². The van der Waals surface area contributed by atoms with Gasteiger partial charge in [0.25, 0.3) is 0 Å². The van der Waals surface area contributed by atoms with E-state index in [-0.39, 0.29) is 0 Å². The van der Waals surface area contributed by atoms with E-state index >= 15 is 0 Å². The van der Waals surface area contributed by atoms with Crippen molar-refractivity contribution in [1.82, 2.24) is 0 Å². The van der Waals surface area contributed by atoms with Gasteiger partial charge in [-0.05, 0) is 117 Å². The van der Waals surface area contributed by atoms with Crippen molar-refractivity contribution >= 4 is 75.8 Å². The molecule has 1 aromatic heterocycles. The normalized spacial score (nSPS) is 20.2. The molecule has 11 rings (SSSR count). The highest BCUT2D eigenvalue weighted by Crippen LogP contribution is 2.48. The van der Waals surface area contributed by atoms with Gasteiger partial charge >= 0.3 is 0 Å². The molecule has 0 N–H and O–H groups in total. The minimum absolute atomic E-state index is 0.508. The summed E-state index contributed by atoms with van der Waals surface area (Å²) in [5, 5.41) is -8.49. The molecule has 0 amide bonds. The maximum Gasteiger partial charge on any atom is 0.136 e. The van der Waals surface area contributed by atoms with Crippen LogP contribution in [0.5, 0.6) is 0 Å². The summed E-state index contributed by atoms with van der Waals surface area (Å²) in [6.07, 6.45) is 0. The van der Waals surface area contributed by atoms with Crippen molar-refractivity contribution in [2.45, 2.75) is 0 Å². The maximum atomic E-state index is 10.4. The second kappa shape index (κ2) is 10.9. The zero-order chi connectivity index (χ0) is 59.6. The van der Waals surface area contributed by atoms with Crippen LogP contribution in [0.25, 0.3) is 109 Å². The quantitative estimate of drug-likeness (QED) is 0.170. The van der Waals surface area contributed by atoms with Gasteiger partial charge < -0.3 is 4.42 Å². The molecule has 0 fully saturated rings. The lowest BCUT2D eigenvalue weighted by atomic mass is 9.83. The lowest BCUT2D eigenvalue weighted by molar-refractivity contribution is 0.669. The van der Waals surface area contributed by atoms with Crippen molar-refractivity contribution in [3.8, 4) is 33.4 Å². The summed E-state index contributed by atoms with van der Waals surface area (Å²) < 4.78 is 281. The molecule has 0 unspecified atom stereocenters. The predicted octanol–water partition coefficient (Wildman–Crippen LogP) is 14.4. The molecule has 0 bridgehead atoms. The number of hydrogen-bond donors (Lipinski definition) is 0. The first-order valence-electron chi connectivity index (χ1n) is 30.2. The Hall–Kier alpha value is -6.70. The molecule has 1 nitrogen and oxygen atoms in total. The molecule has 0 aliphatic rings. The summed E-state index contributed by atoms with van der Waals surface area (Å²) in [7, 11) is 0. The molecular weight excluding hydrogens is 617 g/mol. The van der Waals surface area contributed by atoms with E-state index in [9.17, 15) is 16.4 Å². The van der Waals surface area contributed by atoms with Crippen molar-refractivity contribution in [2.75, 3.05) is 0 Å². The van der Waals surface area contributed by atoms with Gasteiger partial charge in [-0.2, -0.15) is 0 Å². The average Bonchev–Trinajstić information content (AvgIpc) is 2.46. The molecule has 51 heavy (non-hydrogen) atoms. The number of benzene rings is 10. The van der Waals surface area contributed by atoms with Crippen LogP contribution in [-0.4, -0.2) is 0 Å². The third-order valence-electron chi connectivity index (χ3n) is 8.57. The standard InChI is InChI=1S/C50H30O/c1-2-15-33-30-47-45(28-32(33)14-1)50-38(24-12-26-46(50)51-47)35-27-34-16-4-6-19-37(34)44(29-35)49-42-22-9-7-20-40(42)48(41-21-8-10-23-43(41)49)39-25-11-17-31-13-3-5-18-36(31)39/h1-30H/i1D,2D,3D,4D,5D,6D,7D,8D,9D,10D,11D,12D,13D,14D,15D,16D,17D,18D,19D,20D,21D,22D,23D,24D,25D,26D,27D,28D,29D,30D. The summed E-state index contributed by atoms with van der Waals surface area (Å²) in [5.74, 6) is 0. The minimum atomic E-state index is -1.14. The van der Waals surface area contributed by atoms with E-state index in [1.165, 1.54) is 0 Å². The fourth-order valence-corrected chi connectivity index (χ4v) is 6.48. The van der Waals surface area contributed by atoms with Gasteiger partial charge in [0.15, 0.2) is 0 Å². The Balaban J connectivity index is 1.50. The maximum absolute atomic E-state index is 10.4. The first kappa shape index (κ1) is 11.7. The highest BCUT2D eigenvalue weighted by atomic mass is 16.3. The summed E-state index contributed by atoms with van der Waals surface area (Å²) in [6.45, 7) is 0. The summed E-state index contributed by atoms with van der Waals surface area (Å²) in [4.78, 5) is 0. The van der Waals surface area contributed by atoms with Gasteiger partial charge in [0.2, 0.25) is 0 Å². The molecular formula is C50H30O. The highest BCUT2D eigenvalue weighted by molar-refractivity contribution is 6.26. The first-order valence-corrected chi connectivity index (χ1v) is 15.2. The molecule has 0 aliphatic heterocycles. The van der Waals surface area contributed by atoms with Gasteiger partial charge in [0, 0.05) is 10.8 Å². The number of rotatable bonds is 3. The van der Waals surface area contributed by atoms with Gasteiger partial charge in [-0.1, -0.05) is 151 Å². The van der Waals surface area contributed by atoms with Crippen molar-refractivity contribution in [3.05, 3.63) is 181 Å². The van der Waals surface area contributed by atoms with Crippen LogP contribution in [0.15, 0.2) is 186 Å². The van der Waals surface area contributed by atoms with E-state index < -0.39 is 290 Å². The second-order valence-corrected chi connectivity index (χ2v) is 11.3. The number of hydrogen-bond acceptors (Lipinski definition) is 1. The van der Waals surface area contributed by atoms with E-state index in [4.69, 9.17) is 29.1 Å². The largest absolute Gasteiger partial charge is 0.456 e. The van der Waals surface area contributed by atoms with Gasteiger partial charge in [-0.15, -0.1) is 0 Å². The Labute approximate surface area is 336 Å². The Morgan fingerprint density at radius 2 is 0.804 bits per heavy atom. The van der Waals surface area contributed by atoms with Crippen molar-refractivity contribution in [2.24, 2.45) is 0 Å². The lowest BCUT2D eigenvalue weighted by Crippen LogP contribution is -1.93. The first-order chi connectivity index (χ1) is 37.8. The molecule has 1 heteroatoms. The van der Waals surface area contributed by atoms with Crippen LogP contribution in [0, 0.1) is 0 Å². The van der Waals surface area contributed by atoms with Gasteiger partial charge in [0.05, 0.1) is 41.1 Å². The van der Waals surface area contributed by atoms with Gasteiger partial charge in [-0.25, -0.2) is 0 Å². The molecule has 0 spiro atoms. The number of fused-ring (bicyclic) bond motifs is 8. The molecule has 1 heterocycles. The van der Waals surface area contributed by atoms with Crippen molar-refractivity contribution in [3.63, 3.8) is 0 Å². The fraction of sp³-hybridized carbons (Fsp3) is 0.